The first-order valence-electron chi connectivity index (χ1n) is 8.60. The second-order valence-corrected chi connectivity index (χ2v) is 6.86. The van der Waals surface area contributed by atoms with Crippen LogP contribution in [0.1, 0.15) is 57.4 Å². The number of carbonyl (C=O) groups is 1. The maximum absolute atomic E-state index is 13.0. The van der Waals surface area contributed by atoms with E-state index in [0.29, 0.717) is 11.9 Å². The molecule has 2 aliphatic carbocycles. The number of amides is 1. The summed E-state index contributed by atoms with van der Waals surface area (Å²) in [6.45, 7) is 3.04. The van der Waals surface area contributed by atoms with E-state index in [1.807, 2.05) is 6.07 Å². The third-order valence-electron chi connectivity index (χ3n) is 5.23. The number of carbonyl (C=O) groups excluding carboxylic acids is 1. The predicted octanol–water partition coefficient (Wildman–Crippen LogP) is 4.39. The summed E-state index contributed by atoms with van der Waals surface area (Å²) in [6, 6.07) is 10.9. The van der Waals surface area contributed by atoms with Gasteiger partial charge in [0.15, 0.2) is 0 Å². The van der Waals surface area contributed by atoms with Crippen molar-refractivity contribution in [3.05, 3.63) is 35.9 Å². The summed E-state index contributed by atoms with van der Waals surface area (Å²) >= 11 is 0. The Labute approximate surface area is 128 Å². The van der Waals surface area contributed by atoms with E-state index in [2.05, 4.69) is 36.1 Å². The molecule has 0 bridgehead atoms. The summed E-state index contributed by atoms with van der Waals surface area (Å²) in [5.41, 5.74) is 1.26. The lowest BCUT2D eigenvalue weighted by Gasteiger charge is -2.34. The van der Waals surface area contributed by atoms with E-state index in [9.17, 15) is 4.79 Å². The van der Waals surface area contributed by atoms with Gasteiger partial charge in [-0.05, 0) is 44.1 Å². The minimum atomic E-state index is 0.281. The molecule has 0 aliphatic heterocycles. The summed E-state index contributed by atoms with van der Waals surface area (Å²) in [5, 5.41) is 0. The smallest absolute Gasteiger partial charge is 0.226 e. The molecule has 0 spiro atoms. The molecule has 0 heterocycles. The lowest BCUT2D eigenvalue weighted by atomic mass is 9.87. The molecule has 2 nitrogen and oxygen atoms in total. The molecule has 0 saturated heterocycles. The van der Waals surface area contributed by atoms with Crippen molar-refractivity contribution in [2.75, 3.05) is 0 Å². The molecule has 2 heteroatoms. The summed E-state index contributed by atoms with van der Waals surface area (Å²) in [4.78, 5) is 15.2. The van der Waals surface area contributed by atoms with Crippen molar-refractivity contribution in [1.82, 2.24) is 4.90 Å². The van der Waals surface area contributed by atoms with E-state index in [4.69, 9.17) is 0 Å². The van der Waals surface area contributed by atoms with Crippen molar-refractivity contribution >= 4 is 5.91 Å². The first-order valence-corrected chi connectivity index (χ1v) is 8.60. The predicted molar refractivity (Wildman–Crippen MR) is 85.8 cm³/mol. The van der Waals surface area contributed by atoms with Crippen LogP contribution in [0, 0.1) is 11.8 Å². The molecule has 1 amide bonds. The third kappa shape index (κ3) is 3.66. The SMILES string of the molecule is CC(C1CC1)N(Cc1ccccc1)C(=O)C1CCCCC1. The fraction of sp³-hybridized carbons (Fsp3) is 0.632. The van der Waals surface area contributed by atoms with Gasteiger partial charge in [0, 0.05) is 18.5 Å². The van der Waals surface area contributed by atoms with Crippen LogP contribution in [0.2, 0.25) is 0 Å². The van der Waals surface area contributed by atoms with Crippen molar-refractivity contribution in [2.24, 2.45) is 11.8 Å². The van der Waals surface area contributed by atoms with Gasteiger partial charge in [-0.2, -0.15) is 0 Å². The van der Waals surface area contributed by atoms with Crippen molar-refractivity contribution in [1.29, 1.82) is 0 Å². The topological polar surface area (TPSA) is 20.3 Å². The Morgan fingerprint density at radius 2 is 1.76 bits per heavy atom. The Balaban J connectivity index is 1.73. The molecule has 1 unspecified atom stereocenters. The Kier molecular flexibility index (Phi) is 4.62. The van der Waals surface area contributed by atoms with Crippen LogP contribution in [0.5, 0.6) is 0 Å². The van der Waals surface area contributed by atoms with Gasteiger partial charge in [0.1, 0.15) is 0 Å². The zero-order valence-electron chi connectivity index (χ0n) is 13.1. The average molecular weight is 285 g/mol. The monoisotopic (exact) mass is 285 g/mol. The molecule has 3 rings (SSSR count). The Bertz CT molecular complexity index is 460. The molecular weight excluding hydrogens is 258 g/mol. The molecule has 2 aliphatic rings. The molecule has 0 aromatic heterocycles. The third-order valence-corrected chi connectivity index (χ3v) is 5.23. The van der Waals surface area contributed by atoms with Gasteiger partial charge in [0.2, 0.25) is 5.91 Å². The Morgan fingerprint density at radius 3 is 2.38 bits per heavy atom. The highest BCUT2D eigenvalue weighted by molar-refractivity contribution is 5.79. The summed E-state index contributed by atoms with van der Waals surface area (Å²) in [7, 11) is 0. The van der Waals surface area contributed by atoms with E-state index in [1.54, 1.807) is 0 Å². The van der Waals surface area contributed by atoms with Gasteiger partial charge in [-0.25, -0.2) is 0 Å². The number of benzene rings is 1. The second kappa shape index (κ2) is 6.64. The van der Waals surface area contributed by atoms with E-state index < -0.39 is 0 Å². The lowest BCUT2D eigenvalue weighted by molar-refractivity contribution is -0.139. The van der Waals surface area contributed by atoms with Crippen molar-refractivity contribution in [3.8, 4) is 0 Å². The van der Waals surface area contributed by atoms with Gasteiger partial charge in [-0.15, -0.1) is 0 Å². The highest BCUT2D eigenvalue weighted by atomic mass is 16.2. The summed E-state index contributed by atoms with van der Waals surface area (Å²) in [6.07, 6.45) is 8.55. The number of hydrogen-bond acceptors (Lipinski definition) is 1. The van der Waals surface area contributed by atoms with Gasteiger partial charge in [0.25, 0.3) is 0 Å². The van der Waals surface area contributed by atoms with Crippen molar-refractivity contribution < 1.29 is 4.79 Å². The van der Waals surface area contributed by atoms with E-state index in [-0.39, 0.29) is 5.92 Å². The van der Waals surface area contributed by atoms with E-state index in [1.165, 1.54) is 37.7 Å². The van der Waals surface area contributed by atoms with Gasteiger partial charge in [-0.3, -0.25) is 4.79 Å². The van der Waals surface area contributed by atoms with Gasteiger partial charge in [-0.1, -0.05) is 49.6 Å². The second-order valence-electron chi connectivity index (χ2n) is 6.86. The van der Waals surface area contributed by atoms with Gasteiger partial charge < -0.3 is 4.90 Å². The maximum Gasteiger partial charge on any atom is 0.226 e. The van der Waals surface area contributed by atoms with Crippen LogP contribution in [0.15, 0.2) is 30.3 Å². The minimum Gasteiger partial charge on any atom is -0.335 e. The molecule has 114 valence electrons. The zero-order chi connectivity index (χ0) is 14.7. The minimum absolute atomic E-state index is 0.281. The fourth-order valence-electron chi connectivity index (χ4n) is 3.62. The van der Waals surface area contributed by atoms with E-state index in [0.717, 1.165) is 25.3 Å². The summed E-state index contributed by atoms with van der Waals surface area (Å²) < 4.78 is 0. The molecule has 2 saturated carbocycles. The molecule has 0 N–H and O–H groups in total. The average Bonchev–Trinajstić information content (AvgIpc) is 3.38. The normalized spacial score (nSPS) is 21.0. The molecular formula is C19H27NO. The summed E-state index contributed by atoms with van der Waals surface area (Å²) in [5.74, 6) is 1.43. The lowest BCUT2D eigenvalue weighted by Crippen LogP contribution is -2.43. The number of nitrogens with zero attached hydrogens (tertiary/aromatic N) is 1. The fourth-order valence-corrected chi connectivity index (χ4v) is 3.62. The van der Waals surface area contributed by atoms with Crippen LogP contribution < -0.4 is 0 Å². The molecule has 0 radical (unpaired) electrons. The Morgan fingerprint density at radius 1 is 1.10 bits per heavy atom. The van der Waals surface area contributed by atoms with Gasteiger partial charge >= 0.3 is 0 Å². The Hall–Kier alpha value is -1.31. The first kappa shape index (κ1) is 14.6. The molecule has 1 aromatic rings. The van der Waals surface area contributed by atoms with Crippen LogP contribution >= 0.6 is 0 Å². The molecule has 2 fully saturated rings. The number of hydrogen-bond donors (Lipinski definition) is 0. The van der Waals surface area contributed by atoms with Crippen LogP contribution in [-0.2, 0) is 11.3 Å². The van der Waals surface area contributed by atoms with Crippen molar-refractivity contribution in [3.63, 3.8) is 0 Å². The standard InChI is InChI=1S/C19H27NO/c1-15(17-12-13-17)20(14-16-8-4-2-5-9-16)19(21)18-10-6-3-7-11-18/h2,4-5,8-9,15,17-18H,3,6-7,10-14H2,1H3. The van der Waals surface area contributed by atoms with Crippen LogP contribution in [0.25, 0.3) is 0 Å². The highest BCUT2D eigenvalue weighted by Crippen LogP contribution is 2.37. The van der Waals surface area contributed by atoms with Crippen molar-refractivity contribution in [2.45, 2.75) is 64.5 Å². The first-order chi connectivity index (χ1) is 10.3. The van der Waals surface area contributed by atoms with Crippen LogP contribution in [0.4, 0.5) is 0 Å². The molecule has 1 aromatic carbocycles. The quantitative estimate of drug-likeness (QED) is 0.785. The maximum atomic E-state index is 13.0. The molecule has 21 heavy (non-hydrogen) atoms. The zero-order valence-corrected chi connectivity index (χ0v) is 13.1. The largest absolute Gasteiger partial charge is 0.335 e. The van der Waals surface area contributed by atoms with Crippen LogP contribution in [0.3, 0.4) is 0 Å². The van der Waals surface area contributed by atoms with Crippen LogP contribution in [-0.4, -0.2) is 16.8 Å². The van der Waals surface area contributed by atoms with Gasteiger partial charge in [0.05, 0.1) is 0 Å². The number of rotatable bonds is 5. The highest BCUT2D eigenvalue weighted by Gasteiger charge is 2.36. The van der Waals surface area contributed by atoms with E-state index >= 15 is 0 Å². The molecule has 1 atom stereocenters.